The van der Waals surface area contributed by atoms with E-state index < -0.39 is 6.04 Å². The lowest BCUT2D eigenvalue weighted by molar-refractivity contribution is -0.124. The maximum Gasteiger partial charge on any atom is 0.253 e. The lowest BCUT2D eigenvalue weighted by Gasteiger charge is -2.16. The van der Waals surface area contributed by atoms with Gasteiger partial charge in [-0.25, -0.2) is 4.98 Å². The monoisotopic (exact) mass is 444 g/mol. The maximum absolute atomic E-state index is 13.5. The van der Waals surface area contributed by atoms with E-state index in [9.17, 15) is 9.59 Å². The third-order valence-corrected chi connectivity index (χ3v) is 6.00. The van der Waals surface area contributed by atoms with Gasteiger partial charge in [0, 0.05) is 0 Å². The van der Waals surface area contributed by atoms with Crippen molar-refractivity contribution in [2.45, 2.75) is 25.9 Å². The predicted molar refractivity (Wildman–Crippen MR) is 126 cm³/mol. The number of amides is 2. The number of aromatic nitrogens is 2. The van der Waals surface area contributed by atoms with Crippen LogP contribution < -0.4 is 10.2 Å². The van der Waals surface area contributed by atoms with Gasteiger partial charge in [0.1, 0.15) is 6.04 Å². The Morgan fingerprint density at radius 2 is 1.75 bits per heavy atom. The molecule has 160 valence electrons. The SMILES string of the molecule is Cc1ccc(CN2C(=O)[C@H](CC(=O)Nc3ccccc3Cl)n3c2nc2ccccc23)cc1. The van der Waals surface area contributed by atoms with Crippen LogP contribution in [0.4, 0.5) is 11.6 Å². The molecule has 1 N–H and O–H groups in total. The van der Waals surface area contributed by atoms with Crippen molar-refractivity contribution in [3.05, 3.63) is 88.9 Å². The van der Waals surface area contributed by atoms with Crippen molar-refractivity contribution >= 4 is 46.1 Å². The topological polar surface area (TPSA) is 67.2 Å². The van der Waals surface area contributed by atoms with Crippen molar-refractivity contribution in [2.24, 2.45) is 0 Å². The number of benzene rings is 3. The third-order valence-electron chi connectivity index (χ3n) is 5.67. The molecule has 0 fully saturated rings. The average Bonchev–Trinajstić information content (AvgIpc) is 3.27. The summed E-state index contributed by atoms with van der Waals surface area (Å²) in [6.45, 7) is 2.42. The molecular weight excluding hydrogens is 424 g/mol. The predicted octanol–water partition coefficient (Wildman–Crippen LogP) is 5.11. The number of carbonyl (C=O) groups excluding carboxylic acids is 2. The van der Waals surface area contributed by atoms with Crippen molar-refractivity contribution in [1.82, 2.24) is 9.55 Å². The summed E-state index contributed by atoms with van der Waals surface area (Å²) in [5.41, 5.74) is 4.31. The molecule has 0 unspecified atom stereocenters. The van der Waals surface area contributed by atoms with E-state index in [4.69, 9.17) is 16.6 Å². The Morgan fingerprint density at radius 3 is 2.53 bits per heavy atom. The Bertz CT molecular complexity index is 1330. The van der Waals surface area contributed by atoms with Gasteiger partial charge in [0.15, 0.2) is 0 Å². The van der Waals surface area contributed by atoms with Crippen LogP contribution in [0.2, 0.25) is 5.02 Å². The second-order valence-electron chi connectivity index (χ2n) is 7.93. The van der Waals surface area contributed by atoms with Crippen LogP contribution in [0.3, 0.4) is 0 Å². The molecular formula is C25H21ClN4O2. The number of para-hydroxylation sites is 3. The molecule has 0 saturated carbocycles. The van der Waals surface area contributed by atoms with E-state index in [1.807, 2.05) is 60.0 Å². The molecule has 0 bridgehead atoms. The molecule has 1 atom stereocenters. The van der Waals surface area contributed by atoms with Gasteiger partial charge in [-0.1, -0.05) is 65.7 Å². The van der Waals surface area contributed by atoms with E-state index in [0.717, 1.165) is 22.2 Å². The number of carbonyl (C=O) groups is 2. The minimum Gasteiger partial charge on any atom is -0.325 e. The maximum atomic E-state index is 13.5. The fraction of sp³-hybridized carbons (Fsp3) is 0.160. The van der Waals surface area contributed by atoms with E-state index in [0.29, 0.717) is 23.2 Å². The molecule has 0 saturated heterocycles. The molecule has 5 rings (SSSR count). The van der Waals surface area contributed by atoms with Gasteiger partial charge < -0.3 is 5.32 Å². The van der Waals surface area contributed by atoms with E-state index in [1.54, 1.807) is 29.2 Å². The lowest BCUT2D eigenvalue weighted by Crippen LogP contribution is -2.31. The quantitative estimate of drug-likeness (QED) is 0.465. The number of hydrogen-bond donors (Lipinski definition) is 1. The number of nitrogens with one attached hydrogen (secondary N) is 1. The highest BCUT2D eigenvalue weighted by Crippen LogP contribution is 2.37. The van der Waals surface area contributed by atoms with E-state index >= 15 is 0 Å². The fourth-order valence-corrected chi connectivity index (χ4v) is 4.24. The van der Waals surface area contributed by atoms with Gasteiger partial charge in [0.25, 0.3) is 5.91 Å². The Morgan fingerprint density at radius 1 is 1.03 bits per heavy atom. The Balaban J connectivity index is 1.48. The van der Waals surface area contributed by atoms with Crippen LogP contribution in [0, 0.1) is 6.92 Å². The highest BCUT2D eigenvalue weighted by atomic mass is 35.5. The summed E-state index contributed by atoms with van der Waals surface area (Å²) < 4.78 is 1.87. The Hall–Kier alpha value is -3.64. The molecule has 0 spiro atoms. The second-order valence-corrected chi connectivity index (χ2v) is 8.34. The average molecular weight is 445 g/mol. The smallest absolute Gasteiger partial charge is 0.253 e. The first-order valence-electron chi connectivity index (χ1n) is 10.4. The minimum atomic E-state index is -0.676. The van der Waals surface area contributed by atoms with Gasteiger partial charge in [-0.15, -0.1) is 0 Å². The van der Waals surface area contributed by atoms with E-state index in [1.165, 1.54) is 0 Å². The molecule has 0 aliphatic carbocycles. The van der Waals surface area contributed by atoms with Crippen LogP contribution in [0.15, 0.2) is 72.8 Å². The largest absolute Gasteiger partial charge is 0.325 e. The summed E-state index contributed by atoms with van der Waals surface area (Å²) in [4.78, 5) is 32.7. The van der Waals surface area contributed by atoms with Gasteiger partial charge in [-0.05, 0) is 36.8 Å². The first-order chi connectivity index (χ1) is 15.5. The molecule has 1 aliphatic rings. The van der Waals surface area contributed by atoms with Gasteiger partial charge in [-0.2, -0.15) is 0 Å². The van der Waals surface area contributed by atoms with E-state index in [-0.39, 0.29) is 18.2 Å². The first-order valence-corrected chi connectivity index (χ1v) is 10.8. The molecule has 3 aromatic carbocycles. The van der Waals surface area contributed by atoms with E-state index in [2.05, 4.69) is 5.32 Å². The number of anilines is 2. The third kappa shape index (κ3) is 3.63. The van der Waals surface area contributed by atoms with Crippen LogP contribution in [-0.2, 0) is 16.1 Å². The number of aryl methyl sites for hydroxylation is 1. The molecule has 6 nitrogen and oxygen atoms in total. The number of rotatable bonds is 5. The number of halogens is 1. The van der Waals surface area contributed by atoms with Crippen LogP contribution in [0.25, 0.3) is 11.0 Å². The minimum absolute atomic E-state index is 0.0121. The summed E-state index contributed by atoms with van der Waals surface area (Å²) in [7, 11) is 0. The number of nitrogens with zero attached hydrogens (tertiary/aromatic N) is 3. The van der Waals surface area contributed by atoms with Gasteiger partial charge in [0.05, 0.1) is 34.7 Å². The van der Waals surface area contributed by atoms with Crippen molar-refractivity contribution in [3.63, 3.8) is 0 Å². The zero-order valence-electron chi connectivity index (χ0n) is 17.5. The summed E-state index contributed by atoms with van der Waals surface area (Å²) in [6, 6.07) is 22.1. The van der Waals surface area contributed by atoms with Crippen LogP contribution in [0.1, 0.15) is 23.6 Å². The molecule has 2 amide bonds. The van der Waals surface area contributed by atoms with Gasteiger partial charge in [-0.3, -0.25) is 19.1 Å². The van der Waals surface area contributed by atoms with Crippen molar-refractivity contribution in [2.75, 3.05) is 10.2 Å². The second kappa shape index (κ2) is 8.13. The molecule has 32 heavy (non-hydrogen) atoms. The molecule has 4 aromatic rings. The summed E-state index contributed by atoms with van der Waals surface area (Å²) in [5, 5.41) is 3.28. The molecule has 7 heteroatoms. The zero-order valence-corrected chi connectivity index (χ0v) is 18.2. The highest BCUT2D eigenvalue weighted by Gasteiger charge is 2.40. The Labute approximate surface area is 190 Å². The number of hydrogen-bond acceptors (Lipinski definition) is 3. The van der Waals surface area contributed by atoms with Crippen LogP contribution in [-0.4, -0.2) is 21.4 Å². The summed E-state index contributed by atoms with van der Waals surface area (Å²) >= 11 is 6.17. The molecule has 1 aromatic heterocycles. The van der Waals surface area contributed by atoms with Crippen LogP contribution >= 0.6 is 11.6 Å². The Kier molecular flexibility index (Phi) is 5.15. The lowest BCUT2D eigenvalue weighted by atomic mass is 10.1. The van der Waals surface area contributed by atoms with Crippen LogP contribution in [0.5, 0.6) is 0 Å². The first kappa shape index (κ1) is 20.3. The highest BCUT2D eigenvalue weighted by molar-refractivity contribution is 6.33. The van der Waals surface area contributed by atoms with Gasteiger partial charge in [0.2, 0.25) is 11.9 Å². The summed E-state index contributed by atoms with van der Waals surface area (Å²) in [6.07, 6.45) is -0.0121. The normalized spacial score (nSPS) is 15.2. The van der Waals surface area contributed by atoms with Crippen molar-refractivity contribution < 1.29 is 9.59 Å². The fourth-order valence-electron chi connectivity index (χ4n) is 4.06. The number of imidazole rings is 1. The molecule has 1 aliphatic heterocycles. The molecule has 2 heterocycles. The zero-order chi connectivity index (χ0) is 22.2. The van der Waals surface area contributed by atoms with Crippen molar-refractivity contribution in [3.8, 4) is 0 Å². The van der Waals surface area contributed by atoms with Crippen molar-refractivity contribution in [1.29, 1.82) is 0 Å². The standard InChI is InChI=1S/C25H21ClN4O2/c1-16-10-12-17(13-11-16)15-29-24(32)22(14-23(31)27-19-7-3-2-6-18(19)26)30-21-9-5-4-8-20(21)28-25(29)30/h2-13,22H,14-15H2,1H3,(H,27,31)/t22-/m0/s1. The van der Waals surface area contributed by atoms with Gasteiger partial charge >= 0.3 is 0 Å². The summed E-state index contributed by atoms with van der Waals surface area (Å²) in [5.74, 6) is 0.137. The number of fused-ring (bicyclic) bond motifs is 3. The molecule has 0 radical (unpaired) electrons.